The first kappa shape index (κ1) is 16.7. The van der Waals surface area contributed by atoms with Crippen molar-refractivity contribution in [2.24, 2.45) is 11.7 Å². The number of amides is 1. The van der Waals surface area contributed by atoms with Crippen molar-refractivity contribution in [1.29, 1.82) is 0 Å². The molecule has 3 N–H and O–H groups in total. The number of carbonyl (C=O) groups is 1. The molecule has 3 rings (SSSR count). The van der Waals surface area contributed by atoms with Gasteiger partial charge in [0.25, 0.3) is 0 Å². The van der Waals surface area contributed by atoms with Crippen molar-refractivity contribution < 1.29 is 4.79 Å². The molecule has 1 heterocycles. The lowest BCUT2D eigenvalue weighted by atomic mass is 9.74. The summed E-state index contributed by atoms with van der Waals surface area (Å²) in [5, 5.41) is 7.60. The predicted molar refractivity (Wildman–Crippen MR) is 94.8 cm³/mol. The van der Waals surface area contributed by atoms with Crippen molar-refractivity contribution in [3.63, 3.8) is 0 Å². The Morgan fingerprint density at radius 3 is 2.88 bits per heavy atom. The molecule has 1 saturated carbocycles. The van der Waals surface area contributed by atoms with Crippen molar-refractivity contribution in [3.05, 3.63) is 48.3 Å². The summed E-state index contributed by atoms with van der Waals surface area (Å²) in [5.41, 5.74) is 7.93. The number of benzene rings is 1. The Labute approximate surface area is 143 Å². The van der Waals surface area contributed by atoms with Gasteiger partial charge >= 0.3 is 0 Å². The fourth-order valence-electron chi connectivity index (χ4n) is 3.45. The molecule has 1 aromatic carbocycles. The largest absolute Gasteiger partial charge is 0.355 e. The minimum Gasteiger partial charge on any atom is -0.355 e. The molecule has 5 heteroatoms. The van der Waals surface area contributed by atoms with Crippen molar-refractivity contribution in [1.82, 2.24) is 15.1 Å². The highest BCUT2D eigenvalue weighted by Crippen LogP contribution is 2.31. The molecule has 1 aromatic heterocycles. The predicted octanol–water partition coefficient (Wildman–Crippen LogP) is 2.44. The Kier molecular flexibility index (Phi) is 5.00. The maximum absolute atomic E-state index is 12.4. The molecule has 1 amide bonds. The molecule has 128 valence electrons. The van der Waals surface area contributed by atoms with E-state index in [1.54, 1.807) is 0 Å². The van der Waals surface area contributed by atoms with Crippen LogP contribution in [0.2, 0.25) is 0 Å². The van der Waals surface area contributed by atoms with Crippen LogP contribution < -0.4 is 11.1 Å². The van der Waals surface area contributed by atoms with Crippen LogP contribution in [0.1, 0.15) is 38.3 Å². The average Bonchev–Trinajstić information content (AvgIpc) is 3.04. The van der Waals surface area contributed by atoms with E-state index in [-0.39, 0.29) is 17.4 Å². The Morgan fingerprint density at radius 2 is 2.12 bits per heavy atom. The molecule has 5 nitrogen and oxygen atoms in total. The van der Waals surface area contributed by atoms with Gasteiger partial charge in [0, 0.05) is 24.7 Å². The van der Waals surface area contributed by atoms with Crippen molar-refractivity contribution in [2.45, 2.75) is 44.6 Å². The third-order valence-corrected chi connectivity index (χ3v) is 4.92. The summed E-state index contributed by atoms with van der Waals surface area (Å²) in [6.07, 6.45) is 6.69. The molecule has 0 radical (unpaired) electrons. The van der Waals surface area contributed by atoms with Gasteiger partial charge in [0.05, 0.1) is 17.3 Å². The van der Waals surface area contributed by atoms with E-state index in [2.05, 4.69) is 10.4 Å². The maximum atomic E-state index is 12.4. The smallest absolute Gasteiger partial charge is 0.224 e. The monoisotopic (exact) mass is 326 g/mol. The summed E-state index contributed by atoms with van der Waals surface area (Å²) in [7, 11) is 0. The molecule has 1 aliphatic carbocycles. The van der Waals surface area contributed by atoms with Gasteiger partial charge in [0.1, 0.15) is 0 Å². The van der Waals surface area contributed by atoms with E-state index in [0.29, 0.717) is 6.54 Å². The van der Waals surface area contributed by atoms with Crippen LogP contribution in [0.3, 0.4) is 0 Å². The summed E-state index contributed by atoms with van der Waals surface area (Å²) >= 11 is 0. The first-order valence-electron chi connectivity index (χ1n) is 8.73. The van der Waals surface area contributed by atoms with Crippen molar-refractivity contribution in [3.8, 4) is 5.69 Å². The molecule has 1 aliphatic rings. The molecule has 0 saturated heterocycles. The van der Waals surface area contributed by atoms with Crippen LogP contribution in [-0.4, -0.2) is 27.8 Å². The van der Waals surface area contributed by atoms with Crippen molar-refractivity contribution >= 4 is 5.91 Å². The Balaban J connectivity index is 1.52. The number of aromatic nitrogens is 2. The highest BCUT2D eigenvalue weighted by atomic mass is 16.1. The molecule has 24 heavy (non-hydrogen) atoms. The molecule has 2 aromatic rings. The van der Waals surface area contributed by atoms with Gasteiger partial charge in [0.15, 0.2) is 0 Å². The van der Waals surface area contributed by atoms with Gasteiger partial charge < -0.3 is 11.1 Å². The van der Waals surface area contributed by atoms with Crippen LogP contribution in [0.25, 0.3) is 5.69 Å². The fraction of sp³-hybridized carbons (Fsp3) is 0.474. The minimum atomic E-state index is -0.378. The average molecular weight is 326 g/mol. The Hall–Kier alpha value is -2.14. The molecule has 1 fully saturated rings. The molecule has 0 aliphatic heterocycles. The van der Waals surface area contributed by atoms with Crippen LogP contribution in [0, 0.1) is 5.92 Å². The minimum absolute atomic E-state index is 0.0758. The zero-order chi connectivity index (χ0) is 17.0. The van der Waals surface area contributed by atoms with E-state index in [0.717, 1.165) is 43.5 Å². The van der Waals surface area contributed by atoms with Crippen molar-refractivity contribution in [2.75, 3.05) is 6.54 Å². The maximum Gasteiger partial charge on any atom is 0.224 e. The second-order valence-corrected chi connectivity index (χ2v) is 6.93. The number of hydrogen-bond acceptors (Lipinski definition) is 3. The zero-order valence-electron chi connectivity index (χ0n) is 14.2. The molecule has 0 spiro atoms. The number of nitrogens with two attached hydrogens (primary N) is 1. The number of hydrogen-bond donors (Lipinski definition) is 2. The van der Waals surface area contributed by atoms with E-state index in [9.17, 15) is 4.79 Å². The number of para-hydroxylation sites is 1. The lowest BCUT2D eigenvalue weighted by molar-refractivity contribution is -0.128. The number of rotatable bonds is 5. The lowest BCUT2D eigenvalue weighted by Gasteiger charge is -2.37. The normalized spacial score (nSPS) is 23.8. The first-order valence-corrected chi connectivity index (χ1v) is 8.73. The summed E-state index contributed by atoms with van der Waals surface area (Å²) < 4.78 is 1.86. The van der Waals surface area contributed by atoms with Gasteiger partial charge in [-0.25, -0.2) is 4.68 Å². The lowest BCUT2D eigenvalue weighted by Crippen LogP contribution is -2.53. The van der Waals surface area contributed by atoms with Crippen LogP contribution in [-0.2, 0) is 11.2 Å². The second-order valence-electron chi connectivity index (χ2n) is 6.93. The highest BCUT2D eigenvalue weighted by Gasteiger charge is 2.37. The van der Waals surface area contributed by atoms with Crippen LogP contribution in [0.4, 0.5) is 0 Å². The summed E-state index contributed by atoms with van der Waals surface area (Å²) in [4.78, 5) is 12.4. The SMILES string of the molecule is CC1(N)CCCCC1C(=O)NCCc1ccn(-c2ccccc2)n1. The van der Waals surface area contributed by atoms with Gasteiger partial charge in [-0.3, -0.25) is 4.79 Å². The van der Waals surface area contributed by atoms with Crippen LogP contribution in [0.5, 0.6) is 0 Å². The topological polar surface area (TPSA) is 72.9 Å². The standard InChI is InChI=1S/C19H26N4O/c1-19(20)12-6-5-9-17(19)18(24)21-13-10-15-11-14-23(22-15)16-7-3-2-4-8-16/h2-4,7-8,11,14,17H,5-6,9-10,12-13,20H2,1H3,(H,21,24). The Morgan fingerprint density at radius 1 is 1.33 bits per heavy atom. The van der Waals surface area contributed by atoms with Gasteiger partial charge in [-0.2, -0.15) is 5.10 Å². The molecular weight excluding hydrogens is 300 g/mol. The Bertz CT molecular complexity index is 678. The first-order chi connectivity index (χ1) is 11.6. The summed E-state index contributed by atoms with van der Waals surface area (Å²) in [5.74, 6) is 0.00955. The van der Waals surface area contributed by atoms with E-state index >= 15 is 0 Å². The molecule has 2 atom stereocenters. The number of carbonyl (C=O) groups excluding carboxylic acids is 1. The second kappa shape index (κ2) is 7.18. The number of nitrogens with zero attached hydrogens (tertiary/aromatic N) is 2. The molecule has 0 bridgehead atoms. The van der Waals surface area contributed by atoms with E-state index in [4.69, 9.17) is 5.73 Å². The van der Waals surface area contributed by atoms with Crippen LogP contribution >= 0.6 is 0 Å². The van der Waals surface area contributed by atoms with E-state index in [1.165, 1.54) is 0 Å². The van der Waals surface area contributed by atoms with Gasteiger partial charge in [0.2, 0.25) is 5.91 Å². The zero-order valence-corrected chi connectivity index (χ0v) is 14.2. The van der Waals surface area contributed by atoms with Gasteiger partial charge in [-0.15, -0.1) is 0 Å². The van der Waals surface area contributed by atoms with E-state index in [1.807, 2.05) is 54.2 Å². The number of nitrogens with one attached hydrogen (secondary N) is 1. The third-order valence-electron chi connectivity index (χ3n) is 4.92. The van der Waals surface area contributed by atoms with E-state index < -0.39 is 0 Å². The highest BCUT2D eigenvalue weighted by molar-refractivity contribution is 5.80. The van der Waals surface area contributed by atoms with Gasteiger partial charge in [-0.05, 0) is 38.0 Å². The third kappa shape index (κ3) is 3.85. The van der Waals surface area contributed by atoms with Gasteiger partial charge in [-0.1, -0.05) is 31.0 Å². The molecule has 2 unspecified atom stereocenters. The summed E-state index contributed by atoms with van der Waals surface area (Å²) in [6, 6.07) is 12.0. The van der Waals surface area contributed by atoms with Crippen LogP contribution in [0.15, 0.2) is 42.6 Å². The fourth-order valence-corrected chi connectivity index (χ4v) is 3.45. The quantitative estimate of drug-likeness (QED) is 0.886. The molecular formula is C19H26N4O. The summed E-state index contributed by atoms with van der Waals surface area (Å²) in [6.45, 7) is 2.59.